The van der Waals surface area contributed by atoms with Crippen molar-refractivity contribution in [2.24, 2.45) is 5.73 Å². The Bertz CT molecular complexity index is 1940. The third-order valence-electron chi connectivity index (χ3n) is 7.09. The maximum absolute atomic E-state index is 13.4. The van der Waals surface area contributed by atoms with Gasteiger partial charge >= 0.3 is 0 Å². The standard InChI is InChI=1S/C28H26Cl2N4O7S2/c1-28(2,42(3,36)37)27-33-32-25(41-27)17-9-12-23-21(13-17)34(26(35)20(31)15-43(23,38)39)14-16-7-10-18(11-8-16)40-22-6-4-5-19(29)24(22)30/h4-13,20H,14-15,31H2,1-3H3/t20-/m0/s1. The summed E-state index contributed by atoms with van der Waals surface area (Å²) in [6.07, 6.45) is 1.06. The summed E-state index contributed by atoms with van der Waals surface area (Å²) >= 11 is 12.3. The zero-order valence-electron chi connectivity index (χ0n) is 23.1. The van der Waals surface area contributed by atoms with Gasteiger partial charge in [-0.05, 0) is 61.9 Å². The predicted octanol–water partition coefficient (Wildman–Crippen LogP) is 4.76. The van der Waals surface area contributed by atoms with E-state index in [1.807, 2.05) is 0 Å². The van der Waals surface area contributed by atoms with E-state index < -0.39 is 42.1 Å². The molecule has 43 heavy (non-hydrogen) atoms. The molecule has 0 saturated heterocycles. The highest BCUT2D eigenvalue weighted by atomic mass is 35.5. The van der Waals surface area contributed by atoms with Crippen LogP contribution in [0, 0.1) is 0 Å². The first-order valence-electron chi connectivity index (χ1n) is 12.8. The van der Waals surface area contributed by atoms with Gasteiger partial charge in [-0.25, -0.2) is 16.8 Å². The SMILES string of the molecule is CC(C)(c1nnc(-c2ccc3c(c2)N(Cc2ccc(Oc4cccc(Cl)c4Cl)cc2)C(=O)[C@@H](N)CS3(=O)=O)o1)S(C)(=O)=O. The van der Waals surface area contributed by atoms with E-state index in [0.717, 1.165) is 6.26 Å². The van der Waals surface area contributed by atoms with E-state index in [1.54, 1.807) is 42.5 Å². The highest BCUT2D eigenvalue weighted by molar-refractivity contribution is 7.92. The number of hydrogen-bond donors (Lipinski definition) is 1. The van der Waals surface area contributed by atoms with E-state index in [1.165, 1.54) is 36.9 Å². The number of fused-ring (bicyclic) bond motifs is 1. The summed E-state index contributed by atoms with van der Waals surface area (Å²) in [5, 5.41) is 8.50. The van der Waals surface area contributed by atoms with Crippen LogP contribution in [0.3, 0.4) is 0 Å². The summed E-state index contributed by atoms with van der Waals surface area (Å²) in [7, 11) is -7.55. The van der Waals surface area contributed by atoms with Gasteiger partial charge in [-0.2, -0.15) is 0 Å². The lowest BCUT2D eigenvalue weighted by Crippen LogP contribution is -2.45. The minimum atomic E-state index is -3.95. The van der Waals surface area contributed by atoms with E-state index >= 15 is 0 Å². The zero-order valence-corrected chi connectivity index (χ0v) is 26.3. The smallest absolute Gasteiger partial charge is 0.247 e. The number of nitrogens with zero attached hydrogens (tertiary/aromatic N) is 3. The van der Waals surface area contributed by atoms with Crippen LogP contribution in [-0.2, 0) is 35.8 Å². The number of carbonyl (C=O) groups excluding carboxylic acids is 1. The number of ether oxygens (including phenoxy) is 1. The number of hydrogen-bond acceptors (Lipinski definition) is 10. The molecule has 1 amide bonds. The van der Waals surface area contributed by atoms with Gasteiger partial charge in [-0.15, -0.1) is 10.2 Å². The summed E-state index contributed by atoms with van der Waals surface area (Å²) in [6, 6.07) is 14.7. The van der Waals surface area contributed by atoms with E-state index in [4.69, 9.17) is 38.1 Å². The largest absolute Gasteiger partial charge is 0.456 e. The summed E-state index contributed by atoms with van der Waals surface area (Å²) in [4.78, 5) is 14.6. The maximum atomic E-state index is 13.4. The minimum absolute atomic E-state index is 0.0209. The van der Waals surface area contributed by atoms with Gasteiger partial charge in [0.2, 0.25) is 17.7 Å². The number of carbonyl (C=O) groups is 1. The Labute approximate surface area is 258 Å². The van der Waals surface area contributed by atoms with Crippen molar-refractivity contribution in [2.75, 3.05) is 16.9 Å². The highest BCUT2D eigenvalue weighted by Crippen LogP contribution is 2.38. The first kappa shape index (κ1) is 31.0. The lowest BCUT2D eigenvalue weighted by molar-refractivity contribution is -0.119. The molecular formula is C28H26Cl2N4O7S2. The number of amides is 1. The third kappa shape index (κ3) is 6.00. The van der Waals surface area contributed by atoms with Gasteiger partial charge in [0.05, 0.1) is 33.9 Å². The highest BCUT2D eigenvalue weighted by Gasteiger charge is 2.39. The van der Waals surface area contributed by atoms with Crippen molar-refractivity contribution in [3.63, 3.8) is 0 Å². The number of benzene rings is 3. The molecule has 0 saturated carbocycles. The van der Waals surface area contributed by atoms with Crippen LogP contribution in [0.1, 0.15) is 25.3 Å². The van der Waals surface area contributed by atoms with Crippen molar-refractivity contribution >= 4 is 54.5 Å². The second-order valence-electron chi connectivity index (χ2n) is 10.5. The molecule has 3 aromatic carbocycles. The van der Waals surface area contributed by atoms with Crippen molar-refractivity contribution < 1.29 is 30.8 Å². The molecule has 0 radical (unpaired) electrons. The molecular weight excluding hydrogens is 639 g/mol. The van der Waals surface area contributed by atoms with Crippen molar-refractivity contribution in [1.29, 1.82) is 0 Å². The fourth-order valence-electron chi connectivity index (χ4n) is 4.28. The first-order valence-corrected chi connectivity index (χ1v) is 17.1. The van der Waals surface area contributed by atoms with E-state index in [2.05, 4.69) is 10.2 Å². The molecule has 1 aromatic heterocycles. The Morgan fingerprint density at radius 1 is 1.09 bits per heavy atom. The van der Waals surface area contributed by atoms with E-state index in [-0.39, 0.29) is 39.5 Å². The molecule has 226 valence electrons. The van der Waals surface area contributed by atoms with Crippen molar-refractivity contribution in [3.8, 4) is 23.0 Å². The Kier molecular flexibility index (Phi) is 8.07. The second kappa shape index (κ2) is 11.2. The molecule has 2 heterocycles. The fourth-order valence-corrected chi connectivity index (χ4v) is 6.57. The monoisotopic (exact) mass is 664 g/mol. The Morgan fingerprint density at radius 3 is 2.47 bits per heavy atom. The zero-order chi connectivity index (χ0) is 31.3. The molecule has 0 unspecified atom stereocenters. The van der Waals surface area contributed by atoms with Crippen LogP contribution in [0.4, 0.5) is 5.69 Å². The quantitative estimate of drug-likeness (QED) is 0.291. The van der Waals surface area contributed by atoms with E-state index in [9.17, 15) is 21.6 Å². The normalized spacial score (nSPS) is 16.9. The van der Waals surface area contributed by atoms with Gasteiger partial charge in [0.1, 0.15) is 21.3 Å². The fraction of sp³-hybridized carbons (Fsp3) is 0.250. The molecule has 0 aliphatic carbocycles. The van der Waals surface area contributed by atoms with Gasteiger partial charge in [0.15, 0.2) is 19.7 Å². The Morgan fingerprint density at radius 2 is 1.79 bits per heavy atom. The van der Waals surface area contributed by atoms with Gasteiger partial charge in [-0.1, -0.05) is 41.4 Å². The second-order valence-corrected chi connectivity index (χ2v) is 15.8. The van der Waals surface area contributed by atoms with Crippen molar-refractivity contribution in [2.45, 2.75) is 36.1 Å². The topological polar surface area (TPSA) is 163 Å². The number of anilines is 1. The first-order chi connectivity index (χ1) is 20.1. The number of halogens is 2. The molecule has 0 spiro atoms. The van der Waals surface area contributed by atoms with E-state index in [0.29, 0.717) is 22.1 Å². The molecule has 11 nitrogen and oxygen atoms in total. The summed E-state index contributed by atoms with van der Waals surface area (Å²) < 4.78 is 61.0. The molecule has 1 aliphatic rings. The van der Waals surface area contributed by atoms with Crippen LogP contribution in [-0.4, -0.2) is 51.0 Å². The summed E-state index contributed by atoms with van der Waals surface area (Å²) in [5.74, 6) is -0.532. The number of sulfone groups is 2. The van der Waals surface area contributed by atoms with Gasteiger partial charge in [0, 0.05) is 11.8 Å². The van der Waals surface area contributed by atoms with Crippen LogP contribution in [0.15, 0.2) is 70.0 Å². The third-order valence-corrected chi connectivity index (χ3v) is 11.7. The average molecular weight is 666 g/mol. The van der Waals surface area contributed by atoms with Crippen LogP contribution < -0.4 is 15.4 Å². The molecule has 0 fully saturated rings. The molecule has 1 aliphatic heterocycles. The van der Waals surface area contributed by atoms with Crippen LogP contribution in [0.2, 0.25) is 10.0 Å². The average Bonchev–Trinajstić information content (AvgIpc) is 3.43. The molecule has 2 N–H and O–H groups in total. The van der Waals surface area contributed by atoms with Gasteiger partial charge in [0.25, 0.3) is 0 Å². The molecule has 4 aromatic rings. The lowest BCUT2D eigenvalue weighted by Gasteiger charge is -2.24. The summed E-state index contributed by atoms with van der Waals surface area (Å²) in [6.45, 7) is 2.85. The van der Waals surface area contributed by atoms with Crippen LogP contribution >= 0.6 is 23.2 Å². The van der Waals surface area contributed by atoms with Crippen molar-refractivity contribution in [1.82, 2.24) is 10.2 Å². The van der Waals surface area contributed by atoms with Gasteiger partial charge < -0.3 is 19.8 Å². The Hall–Kier alpha value is -3.49. The van der Waals surface area contributed by atoms with Crippen LogP contribution in [0.5, 0.6) is 11.5 Å². The predicted molar refractivity (Wildman–Crippen MR) is 162 cm³/mol. The molecule has 5 rings (SSSR count). The van der Waals surface area contributed by atoms with Crippen molar-refractivity contribution in [3.05, 3.63) is 82.2 Å². The van der Waals surface area contributed by atoms with Crippen LogP contribution in [0.25, 0.3) is 11.5 Å². The lowest BCUT2D eigenvalue weighted by atomic mass is 10.1. The Balaban J connectivity index is 1.50. The number of rotatable bonds is 7. The minimum Gasteiger partial charge on any atom is -0.456 e. The summed E-state index contributed by atoms with van der Waals surface area (Å²) in [5.41, 5.74) is 7.05. The molecule has 0 bridgehead atoms. The number of nitrogens with two attached hydrogens (primary N) is 1. The maximum Gasteiger partial charge on any atom is 0.247 e. The molecule has 15 heteroatoms. The van der Waals surface area contributed by atoms with Gasteiger partial charge in [-0.3, -0.25) is 4.79 Å². The molecule has 1 atom stereocenters. The number of aromatic nitrogens is 2.